The van der Waals surface area contributed by atoms with Crippen molar-refractivity contribution in [3.05, 3.63) is 35.9 Å². The Labute approximate surface area is 115 Å². The van der Waals surface area contributed by atoms with E-state index in [9.17, 15) is 0 Å². The molecule has 0 aliphatic heterocycles. The van der Waals surface area contributed by atoms with Crippen LogP contribution in [0.5, 0.6) is 0 Å². The quantitative estimate of drug-likeness (QED) is 0.398. The van der Waals surface area contributed by atoms with E-state index in [-0.39, 0.29) is 0 Å². The maximum absolute atomic E-state index is 5.47. The van der Waals surface area contributed by atoms with Crippen molar-refractivity contribution < 1.29 is 0 Å². The number of thioether (sulfide) groups is 1. The van der Waals surface area contributed by atoms with Crippen LogP contribution in [0.2, 0.25) is 0 Å². The topological polar surface area (TPSA) is 63.1 Å². The van der Waals surface area contributed by atoms with E-state index in [1.807, 2.05) is 36.6 Å². The van der Waals surface area contributed by atoms with Crippen molar-refractivity contribution in [3.8, 4) is 0 Å². The Hall–Kier alpha value is -1.75. The number of thiocarbonyl (C=S) groups is 1. The summed E-state index contributed by atoms with van der Waals surface area (Å²) >= 11 is 5.93. The minimum absolute atomic E-state index is 0.422. The van der Waals surface area contributed by atoms with Crippen molar-refractivity contribution in [3.63, 3.8) is 0 Å². The third-order valence-electron chi connectivity index (χ3n) is 1.90. The van der Waals surface area contributed by atoms with Crippen LogP contribution in [0.25, 0.3) is 6.08 Å². The molecule has 0 saturated heterocycles. The molecule has 92 valence electrons. The van der Waals surface area contributed by atoms with Gasteiger partial charge in [0.1, 0.15) is 0 Å². The standard InChI is InChI=1S/C12H12N4S2/c1-18-12(13)16-15-8-4-6-10-5-2-3-7-11(10)14-9-17/h2-8H,1H3,(H2,13,16)/b6-4+,15-8-. The number of isothiocyanates is 1. The van der Waals surface area contributed by atoms with Gasteiger partial charge in [-0.05, 0) is 30.6 Å². The van der Waals surface area contributed by atoms with Gasteiger partial charge < -0.3 is 5.73 Å². The smallest absolute Gasteiger partial charge is 0.180 e. The predicted molar refractivity (Wildman–Crippen MR) is 83.8 cm³/mol. The Morgan fingerprint density at radius 1 is 1.44 bits per heavy atom. The molecule has 2 N–H and O–H groups in total. The zero-order valence-corrected chi connectivity index (χ0v) is 11.4. The van der Waals surface area contributed by atoms with Crippen LogP contribution < -0.4 is 5.73 Å². The molecule has 0 bridgehead atoms. The number of benzene rings is 1. The van der Waals surface area contributed by atoms with Gasteiger partial charge in [-0.25, -0.2) is 0 Å². The molecule has 0 heterocycles. The van der Waals surface area contributed by atoms with Crippen molar-refractivity contribution in [1.82, 2.24) is 0 Å². The van der Waals surface area contributed by atoms with Crippen LogP contribution in [0.15, 0.2) is 45.5 Å². The molecule has 1 rings (SSSR count). The fourth-order valence-corrected chi connectivity index (χ4v) is 1.32. The van der Waals surface area contributed by atoms with Crippen LogP contribution in [0.1, 0.15) is 5.56 Å². The van der Waals surface area contributed by atoms with E-state index in [4.69, 9.17) is 5.73 Å². The molecule has 1 aromatic carbocycles. The number of amidine groups is 1. The van der Waals surface area contributed by atoms with Crippen molar-refractivity contribution in [2.75, 3.05) is 6.26 Å². The number of rotatable bonds is 4. The Morgan fingerprint density at radius 3 is 2.94 bits per heavy atom. The molecular weight excluding hydrogens is 264 g/mol. The van der Waals surface area contributed by atoms with E-state index in [0.29, 0.717) is 5.17 Å². The van der Waals surface area contributed by atoms with Gasteiger partial charge in [-0.2, -0.15) is 10.1 Å². The van der Waals surface area contributed by atoms with Crippen LogP contribution >= 0.6 is 24.0 Å². The highest BCUT2D eigenvalue weighted by molar-refractivity contribution is 8.13. The van der Waals surface area contributed by atoms with E-state index in [2.05, 4.69) is 32.6 Å². The number of nitrogens with zero attached hydrogens (tertiary/aromatic N) is 3. The van der Waals surface area contributed by atoms with Gasteiger partial charge in [0, 0.05) is 11.8 Å². The maximum atomic E-state index is 5.47. The molecule has 0 spiro atoms. The number of allylic oxidation sites excluding steroid dienone is 1. The Balaban J connectivity index is 2.76. The summed E-state index contributed by atoms with van der Waals surface area (Å²) in [5, 5.41) is 10.3. The van der Waals surface area contributed by atoms with Crippen molar-refractivity contribution in [2.45, 2.75) is 0 Å². The summed E-state index contributed by atoms with van der Waals surface area (Å²) in [5.74, 6) is 0. The summed E-state index contributed by atoms with van der Waals surface area (Å²) in [6, 6.07) is 7.60. The van der Waals surface area contributed by atoms with Crippen LogP contribution in [0.3, 0.4) is 0 Å². The van der Waals surface area contributed by atoms with Gasteiger partial charge in [0.25, 0.3) is 0 Å². The van der Waals surface area contributed by atoms with Crippen LogP contribution in [0.4, 0.5) is 5.69 Å². The lowest BCUT2D eigenvalue weighted by Crippen LogP contribution is -2.03. The molecule has 4 nitrogen and oxygen atoms in total. The molecule has 18 heavy (non-hydrogen) atoms. The van der Waals surface area contributed by atoms with Gasteiger partial charge in [0.15, 0.2) is 5.17 Å². The Morgan fingerprint density at radius 2 is 2.22 bits per heavy atom. The largest absolute Gasteiger partial charge is 0.377 e. The monoisotopic (exact) mass is 276 g/mol. The summed E-state index contributed by atoms with van der Waals surface area (Å²) in [6.07, 6.45) is 7.01. The highest BCUT2D eigenvalue weighted by Crippen LogP contribution is 2.18. The van der Waals surface area contributed by atoms with Crippen molar-refractivity contribution in [1.29, 1.82) is 0 Å². The van der Waals surface area contributed by atoms with Gasteiger partial charge in [-0.1, -0.05) is 36.0 Å². The molecule has 0 radical (unpaired) electrons. The summed E-state index contributed by atoms with van der Waals surface area (Å²) < 4.78 is 0. The first-order valence-electron chi connectivity index (χ1n) is 5.02. The molecule has 0 unspecified atom stereocenters. The second-order valence-electron chi connectivity index (χ2n) is 3.03. The third kappa shape index (κ3) is 5.05. The fourth-order valence-electron chi connectivity index (χ4n) is 1.10. The van der Waals surface area contributed by atoms with Crippen LogP contribution in [-0.4, -0.2) is 22.8 Å². The molecule has 0 fully saturated rings. The normalized spacial score (nSPS) is 11.9. The van der Waals surface area contributed by atoms with E-state index in [1.165, 1.54) is 11.8 Å². The maximum Gasteiger partial charge on any atom is 0.180 e. The number of aliphatic imine (C=N–C) groups is 1. The minimum Gasteiger partial charge on any atom is -0.377 e. The molecule has 0 amide bonds. The fraction of sp³-hybridized carbons (Fsp3) is 0.0833. The summed E-state index contributed by atoms with van der Waals surface area (Å²) in [7, 11) is 0. The highest BCUT2D eigenvalue weighted by Gasteiger charge is 1.93. The summed E-state index contributed by atoms with van der Waals surface area (Å²) in [5.41, 5.74) is 7.17. The minimum atomic E-state index is 0.422. The van der Waals surface area contributed by atoms with Gasteiger partial charge in [0.05, 0.1) is 10.8 Å². The molecule has 0 atom stereocenters. The predicted octanol–water partition coefficient (Wildman–Crippen LogP) is 3.10. The first-order valence-corrected chi connectivity index (χ1v) is 6.65. The lowest BCUT2D eigenvalue weighted by molar-refractivity contribution is 1.25. The SMILES string of the molecule is CS\C(N)=N/N=C\C=C\c1ccccc1N=C=S. The Kier molecular flexibility index (Phi) is 6.64. The second-order valence-corrected chi connectivity index (χ2v) is 4.04. The van der Waals surface area contributed by atoms with E-state index < -0.39 is 0 Å². The van der Waals surface area contributed by atoms with E-state index in [0.717, 1.165) is 11.3 Å². The number of para-hydroxylation sites is 1. The van der Waals surface area contributed by atoms with Crippen LogP contribution in [-0.2, 0) is 0 Å². The number of hydrogen-bond donors (Lipinski definition) is 1. The molecule has 0 aliphatic carbocycles. The summed E-state index contributed by atoms with van der Waals surface area (Å²) in [6.45, 7) is 0. The average Bonchev–Trinajstić information content (AvgIpc) is 2.40. The molecule has 0 aliphatic rings. The van der Waals surface area contributed by atoms with E-state index in [1.54, 1.807) is 12.3 Å². The molecule has 0 saturated carbocycles. The average molecular weight is 276 g/mol. The highest BCUT2D eigenvalue weighted by atomic mass is 32.2. The second kappa shape index (κ2) is 8.36. The molecular formula is C12H12N4S2. The van der Waals surface area contributed by atoms with Gasteiger partial charge in [-0.15, -0.1) is 5.10 Å². The van der Waals surface area contributed by atoms with Gasteiger partial charge in [-0.3, -0.25) is 0 Å². The Bertz CT molecular complexity index is 529. The number of hydrogen-bond acceptors (Lipinski definition) is 5. The van der Waals surface area contributed by atoms with E-state index >= 15 is 0 Å². The first-order chi connectivity index (χ1) is 8.77. The summed E-state index contributed by atoms with van der Waals surface area (Å²) in [4.78, 5) is 3.97. The van der Waals surface area contributed by atoms with Crippen LogP contribution in [0, 0.1) is 0 Å². The molecule has 6 heteroatoms. The first kappa shape index (κ1) is 14.3. The van der Waals surface area contributed by atoms with Gasteiger partial charge >= 0.3 is 0 Å². The molecule has 0 aromatic heterocycles. The molecule has 1 aromatic rings. The van der Waals surface area contributed by atoms with Crippen molar-refractivity contribution in [2.24, 2.45) is 20.9 Å². The lowest BCUT2D eigenvalue weighted by atomic mass is 10.1. The van der Waals surface area contributed by atoms with Gasteiger partial charge in [0.2, 0.25) is 0 Å². The zero-order chi connectivity index (χ0) is 13.2. The lowest BCUT2D eigenvalue weighted by Gasteiger charge is -1.96. The number of nitrogens with two attached hydrogens (primary N) is 1. The third-order valence-corrected chi connectivity index (χ3v) is 2.49. The zero-order valence-electron chi connectivity index (χ0n) is 9.78. The van der Waals surface area contributed by atoms with Crippen molar-refractivity contribution >= 4 is 52.3 Å².